The Morgan fingerprint density at radius 1 is 1.12 bits per heavy atom. The molecule has 2 aliphatic heterocycles. The Bertz CT molecular complexity index is 1420. The van der Waals surface area contributed by atoms with Crippen molar-refractivity contribution < 1.29 is 19.4 Å². The number of hydrogen-bond acceptors (Lipinski definition) is 5. The molecule has 3 atom stereocenters. The third kappa shape index (κ3) is 6.09. The minimum absolute atomic E-state index is 0.0276. The minimum Gasteiger partial charge on any atom is -0.485 e. The van der Waals surface area contributed by atoms with Gasteiger partial charge in [0.05, 0.1) is 23.7 Å². The van der Waals surface area contributed by atoms with Crippen LogP contribution in [0.2, 0.25) is 5.02 Å². The van der Waals surface area contributed by atoms with Gasteiger partial charge in [-0.2, -0.15) is 0 Å². The summed E-state index contributed by atoms with van der Waals surface area (Å²) in [6, 6.07) is 15.0. The highest BCUT2D eigenvalue weighted by Crippen LogP contribution is 2.48. The van der Waals surface area contributed by atoms with E-state index in [1.807, 2.05) is 19.9 Å². The Kier molecular flexibility index (Phi) is 8.23. The maximum atomic E-state index is 11.9. The summed E-state index contributed by atoms with van der Waals surface area (Å²) >= 11 is 6.68. The minimum atomic E-state index is -0.730. The first kappa shape index (κ1) is 28.0. The second kappa shape index (κ2) is 12.0. The van der Waals surface area contributed by atoms with Crippen LogP contribution >= 0.6 is 11.6 Å². The molecular formula is C34H39ClN2O4. The lowest BCUT2D eigenvalue weighted by Crippen LogP contribution is -2.22. The Labute approximate surface area is 247 Å². The van der Waals surface area contributed by atoms with Crippen LogP contribution in [0.3, 0.4) is 0 Å². The Balaban J connectivity index is 1.31. The number of hydrogen-bond donors (Lipinski definition) is 1. The number of likely N-dealkylation sites (tertiary alicyclic amines) is 1. The average Bonchev–Trinajstić information content (AvgIpc) is 3.68. The van der Waals surface area contributed by atoms with Crippen LogP contribution in [0.15, 0.2) is 48.7 Å². The number of aromatic nitrogens is 1. The van der Waals surface area contributed by atoms with Crippen LogP contribution in [-0.2, 0) is 17.8 Å². The third-order valence-electron chi connectivity index (χ3n) is 8.99. The van der Waals surface area contributed by atoms with E-state index in [1.165, 1.54) is 24.0 Å². The number of aryl methyl sites for hydroxylation is 1. The lowest BCUT2D eigenvalue weighted by molar-refractivity contribution is -0.142. The first-order valence-electron chi connectivity index (χ1n) is 15.1. The van der Waals surface area contributed by atoms with E-state index >= 15 is 0 Å². The van der Waals surface area contributed by atoms with E-state index in [2.05, 4.69) is 46.3 Å². The van der Waals surface area contributed by atoms with Crippen molar-refractivity contribution in [2.24, 2.45) is 11.8 Å². The normalized spacial score (nSPS) is 20.2. The summed E-state index contributed by atoms with van der Waals surface area (Å²) in [6.45, 7) is 7.40. The van der Waals surface area contributed by atoms with Crippen LogP contribution in [0.1, 0.15) is 80.2 Å². The molecule has 0 amide bonds. The van der Waals surface area contributed by atoms with E-state index in [9.17, 15) is 9.90 Å². The number of carboxylic acid groups (broad SMARTS) is 1. The number of rotatable bonds is 10. The highest BCUT2D eigenvalue weighted by molar-refractivity contribution is 6.33. The molecule has 1 aliphatic carbocycles. The number of aliphatic carboxylic acids is 1. The second-order valence-corrected chi connectivity index (χ2v) is 12.2. The van der Waals surface area contributed by atoms with Crippen LogP contribution in [0.4, 0.5) is 0 Å². The zero-order valence-corrected chi connectivity index (χ0v) is 24.7. The fourth-order valence-corrected chi connectivity index (χ4v) is 6.85. The average molecular weight is 575 g/mol. The van der Waals surface area contributed by atoms with Crippen LogP contribution in [0.5, 0.6) is 11.6 Å². The molecule has 2 aromatic carbocycles. The summed E-state index contributed by atoms with van der Waals surface area (Å²) in [5.41, 5.74) is 6.71. The highest BCUT2D eigenvalue weighted by Gasteiger charge is 2.39. The van der Waals surface area contributed by atoms with Gasteiger partial charge < -0.3 is 14.6 Å². The molecule has 6 rings (SSSR count). The lowest BCUT2D eigenvalue weighted by atomic mass is 9.82. The van der Waals surface area contributed by atoms with Gasteiger partial charge in [0.2, 0.25) is 5.88 Å². The van der Waals surface area contributed by atoms with E-state index in [4.69, 9.17) is 21.1 Å². The Hall–Kier alpha value is -3.09. The molecule has 0 radical (unpaired) electrons. The van der Waals surface area contributed by atoms with Crippen LogP contribution < -0.4 is 9.47 Å². The molecule has 0 bridgehead atoms. The number of nitrogens with zero attached hydrogens (tertiary/aromatic N) is 2. The van der Waals surface area contributed by atoms with E-state index < -0.39 is 11.9 Å². The first-order chi connectivity index (χ1) is 19.9. The molecule has 3 heterocycles. The van der Waals surface area contributed by atoms with Crippen molar-refractivity contribution in [3.8, 4) is 22.8 Å². The zero-order chi connectivity index (χ0) is 28.5. The predicted octanol–water partition coefficient (Wildman–Crippen LogP) is 7.68. The number of halogens is 1. The lowest BCUT2D eigenvalue weighted by Gasteiger charge is -2.29. The fourth-order valence-electron chi connectivity index (χ4n) is 6.65. The van der Waals surface area contributed by atoms with Crippen molar-refractivity contribution in [3.63, 3.8) is 0 Å². The molecule has 1 aromatic heterocycles. The van der Waals surface area contributed by atoms with Gasteiger partial charge in [0, 0.05) is 18.2 Å². The summed E-state index contributed by atoms with van der Waals surface area (Å²) in [7, 11) is 0. The molecule has 1 saturated carbocycles. The molecule has 1 saturated heterocycles. The van der Waals surface area contributed by atoms with E-state index in [0.29, 0.717) is 23.4 Å². The molecule has 1 N–H and O–H groups in total. The van der Waals surface area contributed by atoms with Crippen molar-refractivity contribution in [1.82, 2.24) is 9.88 Å². The largest absolute Gasteiger partial charge is 0.485 e. The van der Waals surface area contributed by atoms with Gasteiger partial charge in [-0.1, -0.05) is 48.9 Å². The fraction of sp³-hybridized carbons (Fsp3) is 0.471. The topological polar surface area (TPSA) is 71.9 Å². The zero-order valence-electron chi connectivity index (χ0n) is 23.9. The third-order valence-corrected chi connectivity index (χ3v) is 9.29. The van der Waals surface area contributed by atoms with Gasteiger partial charge in [0.15, 0.2) is 0 Å². The highest BCUT2D eigenvalue weighted by atomic mass is 35.5. The summed E-state index contributed by atoms with van der Waals surface area (Å²) in [6.07, 6.45) is 8.10. The maximum Gasteiger partial charge on any atom is 0.306 e. The summed E-state index contributed by atoms with van der Waals surface area (Å²) in [5, 5.41) is 10.4. The molecule has 3 aromatic rings. The Morgan fingerprint density at radius 3 is 2.66 bits per heavy atom. The first-order valence-corrected chi connectivity index (χ1v) is 15.4. The van der Waals surface area contributed by atoms with Crippen LogP contribution in [0, 0.1) is 11.8 Å². The van der Waals surface area contributed by atoms with Gasteiger partial charge in [0.1, 0.15) is 11.9 Å². The molecular weight excluding hydrogens is 536 g/mol. The molecule has 6 nitrogen and oxygen atoms in total. The summed E-state index contributed by atoms with van der Waals surface area (Å²) in [5.74, 6) is 0.802. The van der Waals surface area contributed by atoms with Crippen LogP contribution in [-0.4, -0.2) is 40.7 Å². The Morgan fingerprint density at radius 2 is 1.93 bits per heavy atom. The van der Waals surface area contributed by atoms with E-state index in [-0.39, 0.29) is 12.0 Å². The summed E-state index contributed by atoms with van der Waals surface area (Å²) in [4.78, 5) is 18.7. The number of carboxylic acids is 1. The molecule has 3 aliphatic rings. The number of fused-ring (bicyclic) bond motifs is 1. The van der Waals surface area contributed by atoms with Gasteiger partial charge in [-0.15, -0.1) is 0 Å². The number of ether oxygens (including phenoxy) is 2. The van der Waals surface area contributed by atoms with Crippen molar-refractivity contribution in [2.75, 3.05) is 19.7 Å². The molecule has 216 valence electrons. The van der Waals surface area contributed by atoms with E-state index in [1.54, 1.807) is 6.20 Å². The van der Waals surface area contributed by atoms with E-state index in [0.717, 1.165) is 73.3 Å². The standard InChI is InChI=1S/C34H39ClN2O4/c1-3-40-32-18-28(29(35)19-36-32)27-12-10-24(16-26(27)20-37-14-4-5-15-37)30-13-11-22-6-9-25(17-31(22)41-30)33(23-7-8-23)21(2)34(38)39/h6,9-10,12,16-19,21,23,30,33H,3-5,7-8,11,13-15,20H2,1-2H3,(H,38,39)/t21-,30?,33?/m0/s1. The van der Waals surface area contributed by atoms with Crippen molar-refractivity contribution in [1.29, 1.82) is 0 Å². The quantitative estimate of drug-likeness (QED) is 0.268. The van der Waals surface area contributed by atoms with Crippen molar-refractivity contribution in [3.05, 3.63) is 75.9 Å². The molecule has 2 fully saturated rings. The predicted molar refractivity (Wildman–Crippen MR) is 161 cm³/mol. The van der Waals surface area contributed by atoms with Gasteiger partial charge in [-0.05, 0) is 104 Å². The number of carbonyl (C=O) groups is 1. The molecule has 0 spiro atoms. The maximum absolute atomic E-state index is 11.9. The van der Waals surface area contributed by atoms with Gasteiger partial charge in [0.25, 0.3) is 0 Å². The monoisotopic (exact) mass is 574 g/mol. The molecule has 7 heteroatoms. The van der Waals surface area contributed by atoms with Crippen molar-refractivity contribution in [2.45, 2.75) is 70.9 Å². The van der Waals surface area contributed by atoms with Crippen LogP contribution in [0.25, 0.3) is 11.1 Å². The van der Waals surface area contributed by atoms with Gasteiger partial charge in [-0.3, -0.25) is 9.69 Å². The summed E-state index contributed by atoms with van der Waals surface area (Å²) < 4.78 is 12.4. The molecule has 2 unspecified atom stereocenters. The van der Waals surface area contributed by atoms with Gasteiger partial charge >= 0.3 is 5.97 Å². The smallest absolute Gasteiger partial charge is 0.306 e. The van der Waals surface area contributed by atoms with Gasteiger partial charge in [-0.25, -0.2) is 4.98 Å². The van der Waals surface area contributed by atoms with Crippen molar-refractivity contribution >= 4 is 17.6 Å². The second-order valence-electron chi connectivity index (χ2n) is 11.8. The number of pyridine rings is 1. The molecule has 41 heavy (non-hydrogen) atoms. The SMILES string of the molecule is CCOc1cc(-c2ccc(C3CCc4ccc(C(C5CC5)[C@H](C)C(=O)O)cc4O3)cc2CN2CCCC2)c(Cl)cn1. The number of benzene rings is 2.